The van der Waals surface area contributed by atoms with Crippen LogP contribution in [-0.2, 0) is 6.54 Å². The van der Waals surface area contributed by atoms with E-state index >= 15 is 0 Å². The first-order valence-corrected chi connectivity index (χ1v) is 5.82. The van der Waals surface area contributed by atoms with Crippen LogP contribution in [0.4, 0.5) is 10.2 Å². The molecule has 0 bridgehead atoms. The van der Waals surface area contributed by atoms with E-state index in [9.17, 15) is 9.18 Å². The molecular weight excluding hydrogens is 271 g/mol. The summed E-state index contributed by atoms with van der Waals surface area (Å²) in [7, 11) is 0. The second-order valence-corrected chi connectivity index (χ2v) is 4.20. The van der Waals surface area contributed by atoms with E-state index in [1.165, 1.54) is 18.2 Å². The van der Waals surface area contributed by atoms with Crippen LogP contribution in [0.1, 0.15) is 15.9 Å². The maximum atomic E-state index is 13.4. The number of hydrogen-bond acceptors (Lipinski definition) is 3. The van der Waals surface area contributed by atoms with Crippen molar-refractivity contribution in [2.75, 3.05) is 5.32 Å². The monoisotopic (exact) mass is 280 g/mol. The van der Waals surface area contributed by atoms with Gasteiger partial charge in [-0.2, -0.15) is 0 Å². The van der Waals surface area contributed by atoms with Gasteiger partial charge in [-0.1, -0.05) is 29.8 Å². The molecule has 0 amide bonds. The molecule has 2 N–H and O–H groups in total. The Morgan fingerprint density at radius 1 is 1.37 bits per heavy atom. The lowest BCUT2D eigenvalue weighted by Gasteiger charge is -2.07. The summed E-state index contributed by atoms with van der Waals surface area (Å²) < 4.78 is 13.4. The molecule has 1 aromatic heterocycles. The van der Waals surface area contributed by atoms with Crippen molar-refractivity contribution in [2.24, 2.45) is 0 Å². The normalized spacial score (nSPS) is 10.2. The van der Waals surface area contributed by atoms with Crippen molar-refractivity contribution in [3.8, 4) is 0 Å². The van der Waals surface area contributed by atoms with Gasteiger partial charge in [0.2, 0.25) is 0 Å². The van der Waals surface area contributed by atoms with E-state index in [-0.39, 0.29) is 28.9 Å². The second-order valence-electron chi connectivity index (χ2n) is 3.81. The Bertz CT molecular complexity index is 619. The zero-order valence-electron chi connectivity index (χ0n) is 9.73. The van der Waals surface area contributed by atoms with Crippen LogP contribution < -0.4 is 5.32 Å². The molecule has 0 aliphatic heterocycles. The summed E-state index contributed by atoms with van der Waals surface area (Å²) in [6.07, 6.45) is 0. The molecule has 1 aromatic carbocycles. The molecule has 2 aromatic rings. The van der Waals surface area contributed by atoms with Gasteiger partial charge in [0.25, 0.3) is 0 Å². The number of carbonyl (C=O) groups is 1. The van der Waals surface area contributed by atoms with Gasteiger partial charge >= 0.3 is 5.97 Å². The van der Waals surface area contributed by atoms with E-state index < -0.39 is 5.97 Å². The summed E-state index contributed by atoms with van der Waals surface area (Å²) in [6, 6.07) is 8.89. The number of nitrogens with zero attached hydrogens (tertiary/aromatic N) is 1. The van der Waals surface area contributed by atoms with E-state index in [0.717, 1.165) is 0 Å². The van der Waals surface area contributed by atoms with E-state index in [0.29, 0.717) is 5.56 Å². The van der Waals surface area contributed by atoms with E-state index in [2.05, 4.69) is 10.3 Å². The maximum Gasteiger partial charge on any atom is 0.335 e. The van der Waals surface area contributed by atoms with Crippen LogP contribution in [0.5, 0.6) is 0 Å². The minimum atomic E-state index is -1.10. The lowest BCUT2D eigenvalue weighted by molar-refractivity contribution is 0.0697. The van der Waals surface area contributed by atoms with Crippen LogP contribution in [0, 0.1) is 5.82 Å². The van der Waals surface area contributed by atoms with E-state index in [4.69, 9.17) is 16.7 Å². The topological polar surface area (TPSA) is 62.2 Å². The van der Waals surface area contributed by atoms with Gasteiger partial charge in [-0.15, -0.1) is 0 Å². The fourth-order valence-corrected chi connectivity index (χ4v) is 1.75. The van der Waals surface area contributed by atoms with Crippen LogP contribution in [-0.4, -0.2) is 16.1 Å². The number of rotatable bonds is 4. The van der Waals surface area contributed by atoms with Gasteiger partial charge in [-0.3, -0.25) is 0 Å². The quantitative estimate of drug-likeness (QED) is 0.845. The number of nitrogens with one attached hydrogen (secondary N) is 1. The number of aromatic nitrogens is 1. The van der Waals surface area contributed by atoms with Gasteiger partial charge in [0.05, 0.1) is 5.56 Å². The molecule has 1 heterocycles. The molecule has 19 heavy (non-hydrogen) atoms. The molecule has 0 fully saturated rings. The summed E-state index contributed by atoms with van der Waals surface area (Å²) >= 11 is 5.72. The molecule has 0 radical (unpaired) electrons. The van der Waals surface area contributed by atoms with Crippen LogP contribution in [0.25, 0.3) is 0 Å². The fourth-order valence-electron chi connectivity index (χ4n) is 1.54. The van der Waals surface area contributed by atoms with Gasteiger partial charge in [-0.05, 0) is 18.2 Å². The Kier molecular flexibility index (Phi) is 3.97. The summed E-state index contributed by atoms with van der Waals surface area (Å²) in [5, 5.41) is 11.8. The van der Waals surface area contributed by atoms with Crippen LogP contribution in [0.15, 0.2) is 36.4 Å². The molecule has 0 spiro atoms. The number of aromatic carboxylic acids is 1. The maximum absolute atomic E-state index is 13.4. The van der Waals surface area contributed by atoms with Crippen LogP contribution in [0.3, 0.4) is 0 Å². The minimum Gasteiger partial charge on any atom is -0.478 e. The van der Waals surface area contributed by atoms with Crippen molar-refractivity contribution in [2.45, 2.75) is 6.54 Å². The van der Waals surface area contributed by atoms with Gasteiger partial charge in [0.15, 0.2) is 0 Å². The number of pyridine rings is 1. The first kappa shape index (κ1) is 13.3. The molecule has 6 heteroatoms. The lowest BCUT2D eigenvalue weighted by atomic mass is 10.2. The lowest BCUT2D eigenvalue weighted by Crippen LogP contribution is -2.05. The highest BCUT2D eigenvalue weighted by molar-refractivity contribution is 6.29. The third-order valence-corrected chi connectivity index (χ3v) is 2.65. The SMILES string of the molecule is O=C(O)c1cc(Cl)nc(NCc2ccccc2F)c1. The number of carboxylic acid groups (broad SMARTS) is 1. The summed E-state index contributed by atoms with van der Waals surface area (Å²) in [5.41, 5.74) is 0.484. The predicted octanol–water partition coefficient (Wildman–Crippen LogP) is 3.18. The molecular formula is C13H10ClFN2O2. The molecule has 98 valence electrons. The Balaban J connectivity index is 2.16. The molecule has 0 saturated carbocycles. The summed E-state index contributed by atoms with van der Waals surface area (Å²) in [5.74, 6) is -1.15. The second kappa shape index (κ2) is 5.67. The summed E-state index contributed by atoms with van der Waals surface area (Å²) in [6.45, 7) is 0.194. The third kappa shape index (κ3) is 3.42. The standard InChI is InChI=1S/C13H10ClFN2O2/c14-11-5-9(13(18)19)6-12(17-11)16-7-8-3-1-2-4-10(8)15/h1-6H,7H2,(H,16,17)(H,18,19). The van der Waals surface area contributed by atoms with E-state index in [1.54, 1.807) is 18.2 Å². The average molecular weight is 281 g/mol. The molecule has 0 aliphatic rings. The molecule has 4 nitrogen and oxygen atoms in total. The number of anilines is 1. The first-order chi connectivity index (χ1) is 9.06. The number of benzene rings is 1. The van der Waals surface area contributed by atoms with Gasteiger partial charge in [0.1, 0.15) is 16.8 Å². The Morgan fingerprint density at radius 3 is 2.79 bits per heavy atom. The Morgan fingerprint density at radius 2 is 2.11 bits per heavy atom. The predicted molar refractivity (Wildman–Crippen MR) is 69.9 cm³/mol. The van der Waals surface area contributed by atoms with Crippen LogP contribution in [0.2, 0.25) is 5.15 Å². The molecule has 0 saturated heterocycles. The van der Waals surface area contributed by atoms with Crippen molar-refractivity contribution in [3.63, 3.8) is 0 Å². The molecule has 2 rings (SSSR count). The fraction of sp³-hybridized carbons (Fsp3) is 0.0769. The van der Waals surface area contributed by atoms with Crippen molar-refractivity contribution in [3.05, 3.63) is 58.5 Å². The molecule has 0 unspecified atom stereocenters. The highest BCUT2D eigenvalue weighted by Gasteiger charge is 2.08. The van der Waals surface area contributed by atoms with Crippen molar-refractivity contribution >= 4 is 23.4 Å². The van der Waals surface area contributed by atoms with E-state index in [1.807, 2.05) is 0 Å². The highest BCUT2D eigenvalue weighted by atomic mass is 35.5. The minimum absolute atomic E-state index is 0.0241. The van der Waals surface area contributed by atoms with Crippen molar-refractivity contribution in [1.82, 2.24) is 4.98 Å². The summed E-state index contributed by atoms with van der Waals surface area (Å²) in [4.78, 5) is 14.8. The van der Waals surface area contributed by atoms with Crippen molar-refractivity contribution in [1.29, 1.82) is 0 Å². The largest absolute Gasteiger partial charge is 0.478 e. The van der Waals surface area contributed by atoms with Crippen molar-refractivity contribution < 1.29 is 14.3 Å². The zero-order chi connectivity index (χ0) is 13.8. The van der Waals surface area contributed by atoms with Gasteiger partial charge in [-0.25, -0.2) is 14.2 Å². The average Bonchev–Trinajstić information content (AvgIpc) is 2.37. The number of halogens is 2. The molecule has 0 aliphatic carbocycles. The first-order valence-electron chi connectivity index (χ1n) is 5.44. The molecule has 0 atom stereocenters. The number of carboxylic acids is 1. The Hall–Kier alpha value is -2.14. The third-order valence-electron chi connectivity index (χ3n) is 2.46. The highest BCUT2D eigenvalue weighted by Crippen LogP contribution is 2.16. The van der Waals surface area contributed by atoms with Crippen LogP contribution >= 0.6 is 11.6 Å². The zero-order valence-corrected chi connectivity index (χ0v) is 10.5. The van der Waals surface area contributed by atoms with Gasteiger partial charge < -0.3 is 10.4 Å². The smallest absolute Gasteiger partial charge is 0.335 e. The number of hydrogen-bond donors (Lipinski definition) is 2. The van der Waals surface area contributed by atoms with Gasteiger partial charge in [0, 0.05) is 12.1 Å². The Labute approximate surface area is 113 Å².